The van der Waals surface area contributed by atoms with Gasteiger partial charge >= 0.3 is 0 Å². The van der Waals surface area contributed by atoms with Crippen molar-refractivity contribution >= 4 is 0 Å². The Morgan fingerprint density at radius 2 is 1.31 bits per heavy atom. The smallest absolute Gasteiger partial charge is 0.0781 e. The van der Waals surface area contributed by atoms with Crippen molar-refractivity contribution in [2.24, 2.45) is 23.7 Å². The summed E-state index contributed by atoms with van der Waals surface area (Å²) in [5, 5.41) is 9.43. The van der Waals surface area contributed by atoms with Crippen LogP contribution >= 0.6 is 0 Å². The molecule has 2 fully saturated rings. The largest absolute Gasteiger partial charge is 1.00 e. The van der Waals surface area contributed by atoms with Gasteiger partial charge in [-0.15, -0.1) is 0 Å². The molecule has 2 aliphatic heterocycles. The zero-order valence-electron chi connectivity index (χ0n) is 17.5. The third-order valence-electron chi connectivity index (χ3n) is 5.14. The molecule has 0 aromatic heterocycles. The topological polar surface area (TPSA) is 40.1 Å². The number of hydrogen-bond acceptors (Lipinski definition) is 2. The molecule has 1 aromatic rings. The van der Waals surface area contributed by atoms with Gasteiger partial charge in [-0.05, 0) is 30.2 Å². The summed E-state index contributed by atoms with van der Waals surface area (Å²) < 4.78 is 0. The van der Waals surface area contributed by atoms with E-state index in [2.05, 4.69) is 68.2 Å². The summed E-state index contributed by atoms with van der Waals surface area (Å²) in [4.78, 5) is 2.59. The third-order valence-corrected chi connectivity index (χ3v) is 5.14. The lowest BCUT2D eigenvalue weighted by Crippen LogP contribution is -3.00. The Balaban J connectivity index is 0.000000485. The Morgan fingerprint density at radius 1 is 0.846 bits per heavy atom. The van der Waals surface area contributed by atoms with Crippen molar-refractivity contribution in [1.29, 1.82) is 0 Å². The number of likely N-dealkylation sites (tertiary alicyclic amines) is 1. The number of aliphatic hydroxyl groups excluding tert-OH is 1. The highest BCUT2D eigenvalue weighted by molar-refractivity contribution is 5.14. The summed E-state index contributed by atoms with van der Waals surface area (Å²) in [5.41, 5.74) is 1.44. The van der Waals surface area contributed by atoms with E-state index in [4.69, 9.17) is 5.11 Å². The van der Waals surface area contributed by atoms with Gasteiger partial charge in [-0.3, -0.25) is 4.90 Å². The Bertz CT molecular complexity index is 425. The molecule has 0 spiro atoms. The van der Waals surface area contributed by atoms with E-state index < -0.39 is 0 Å². The van der Waals surface area contributed by atoms with Crippen molar-refractivity contribution in [2.45, 2.75) is 47.1 Å². The van der Waals surface area contributed by atoms with Crippen molar-refractivity contribution in [3.63, 3.8) is 0 Å². The molecule has 0 unspecified atom stereocenters. The molecule has 2 heterocycles. The number of benzene rings is 1. The summed E-state index contributed by atoms with van der Waals surface area (Å²) in [6, 6.07) is 10.8. The second kappa shape index (κ2) is 14.4. The molecule has 0 bridgehead atoms. The average molecular weight is 385 g/mol. The van der Waals surface area contributed by atoms with Crippen LogP contribution in [-0.2, 0) is 6.54 Å². The molecule has 2 saturated heterocycles. The molecule has 1 aromatic carbocycles. The van der Waals surface area contributed by atoms with Gasteiger partial charge in [-0.25, -0.2) is 0 Å². The van der Waals surface area contributed by atoms with E-state index in [0.717, 1.165) is 37.3 Å². The molecular formula is C22H41ClN2O. The van der Waals surface area contributed by atoms with Gasteiger partial charge in [-0.2, -0.15) is 0 Å². The van der Waals surface area contributed by atoms with Crippen LogP contribution in [0.2, 0.25) is 0 Å². The molecule has 0 radical (unpaired) electrons. The Hall–Kier alpha value is -0.610. The van der Waals surface area contributed by atoms with Crippen LogP contribution < -0.4 is 17.7 Å². The lowest BCUT2D eigenvalue weighted by Gasteiger charge is -2.34. The van der Waals surface area contributed by atoms with Gasteiger partial charge in [0.05, 0.1) is 13.1 Å². The fourth-order valence-corrected chi connectivity index (χ4v) is 4.31. The van der Waals surface area contributed by atoms with Crippen LogP contribution in [0.1, 0.15) is 46.1 Å². The Labute approximate surface area is 168 Å². The van der Waals surface area contributed by atoms with Crippen molar-refractivity contribution in [2.75, 3.05) is 33.3 Å². The maximum atomic E-state index is 7.00. The van der Waals surface area contributed by atoms with Gasteiger partial charge in [0.1, 0.15) is 0 Å². The van der Waals surface area contributed by atoms with E-state index in [0.29, 0.717) is 0 Å². The lowest BCUT2D eigenvalue weighted by atomic mass is 9.91. The van der Waals surface area contributed by atoms with E-state index in [-0.39, 0.29) is 12.4 Å². The fraction of sp³-hybridized carbons (Fsp3) is 0.727. The van der Waals surface area contributed by atoms with Gasteiger partial charge in [0.25, 0.3) is 0 Å². The second-order valence-electron chi connectivity index (χ2n) is 8.33. The van der Waals surface area contributed by atoms with Crippen molar-refractivity contribution in [3.8, 4) is 0 Å². The molecule has 3 rings (SSSR count). The first kappa shape index (κ1) is 25.4. The molecule has 0 aliphatic carbocycles. The Kier molecular flexibility index (Phi) is 14.1. The lowest BCUT2D eigenvalue weighted by molar-refractivity contribution is -0.674. The molecular weight excluding hydrogens is 344 g/mol. The molecule has 0 amide bonds. The number of halogens is 1. The maximum Gasteiger partial charge on any atom is 0.0781 e. The summed E-state index contributed by atoms with van der Waals surface area (Å²) >= 11 is 0. The van der Waals surface area contributed by atoms with Gasteiger partial charge in [0, 0.05) is 38.6 Å². The van der Waals surface area contributed by atoms with Crippen molar-refractivity contribution < 1.29 is 22.8 Å². The number of nitrogens with two attached hydrogens (primary N) is 1. The van der Waals surface area contributed by atoms with Gasteiger partial charge in [0.15, 0.2) is 0 Å². The molecule has 3 N–H and O–H groups in total. The maximum absolute atomic E-state index is 7.00. The minimum Gasteiger partial charge on any atom is -1.00 e. The number of piperidine rings is 2. The van der Waals surface area contributed by atoms with Gasteiger partial charge < -0.3 is 22.8 Å². The van der Waals surface area contributed by atoms with Crippen molar-refractivity contribution in [3.05, 3.63) is 35.9 Å². The highest BCUT2D eigenvalue weighted by Crippen LogP contribution is 2.22. The van der Waals surface area contributed by atoms with Crippen LogP contribution in [0.25, 0.3) is 0 Å². The van der Waals surface area contributed by atoms with E-state index in [1.807, 2.05) is 0 Å². The van der Waals surface area contributed by atoms with Crippen LogP contribution in [0.5, 0.6) is 0 Å². The second-order valence-corrected chi connectivity index (χ2v) is 8.33. The predicted octanol–water partition coefficient (Wildman–Crippen LogP) is 0.00270. The summed E-state index contributed by atoms with van der Waals surface area (Å²) in [6.45, 7) is 15.8. The van der Waals surface area contributed by atoms with E-state index in [1.165, 1.54) is 44.6 Å². The molecule has 3 nitrogen and oxygen atoms in total. The predicted molar refractivity (Wildman–Crippen MR) is 107 cm³/mol. The first-order valence-electron chi connectivity index (χ1n) is 10.1. The normalized spacial score (nSPS) is 28.5. The van der Waals surface area contributed by atoms with Gasteiger partial charge in [-0.1, -0.05) is 58.0 Å². The molecule has 152 valence electrons. The number of hydrogen-bond donors (Lipinski definition) is 2. The summed E-state index contributed by atoms with van der Waals surface area (Å²) in [7, 11) is 1.00. The number of aliphatic hydroxyl groups is 1. The Morgan fingerprint density at radius 3 is 1.73 bits per heavy atom. The zero-order chi connectivity index (χ0) is 18.7. The van der Waals surface area contributed by atoms with Crippen LogP contribution in [0.4, 0.5) is 0 Å². The highest BCUT2D eigenvalue weighted by atomic mass is 35.5. The molecule has 4 atom stereocenters. The minimum atomic E-state index is 0. The quantitative estimate of drug-likeness (QED) is 0.753. The highest BCUT2D eigenvalue weighted by Gasteiger charge is 2.21. The zero-order valence-corrected chi connectivity index (χ0v) is 18.3. The summed E-state index contributed by atoms with van der Waals surface area (Å²) in [6.07, 6.45) is 2.84. The SMILES string of the molecule is CO.C[C@@H]1C[NH2+]C[C@@H](C)C1.C[C@H]1C[C@H](C)CN(Cc2ccccc2)C1.[Cl-]. The molecule has 0 saturated carbocycles. The van der Waals surface area contributed by atoms with Crippen molar-refractivity contribution in [1.82, 2.24) is 4.90 Å². The third kappa shape index (κ3) is 10.5. The number of rotatable bonds is 2. The van der Waals surface area contributed by atoms with E-state index >= 15 is 0 Å². The first-order valence-corrected chi connectivity index (χ1v) is 10.1. The standard InChI is InChI=1S/C14H21N.C7H15N.CH4O.ClH/c1-12-8-13(2)10-15(9-12)11-14-6-4-3-5-7-14;1-6-3-7(2)5-8-4-6;1-2;/h3-7,12-13H,8-11H2,1-2H3;6-8H,3-5H2,1-2H3;2H,1H3;1H/t12-,13-;6-,7-;;/m00../s1. The first-order chi connectivity index (χ1) is 12.0. The van der Waals surface area contributed by atoms with Crippen LogP contribution in [0, 0.1) is 23.7 Å². The minimum absolute atomic E-state index is 0. The van der Waals surface area contributed by atoms with Crippen LogP contribution in [0.3, 0.4) is 0 Å². The van der Waals surface area contributed by atoms with Crippen LogP contribution in [0.15, 0.2) is 30.3 Å². The number of nitrogens with zero attached hydrogens (tertiary/aromatic N) is 1. The fourth-order valence-electron chi connectivity index (χ4n) is 4.31. The molecule has 4 heteroatoms. The van der Waals surface area contributed by atoms with E-state index in [9.17, 15) is 0 Å². The van der Waals surface area contributed by atoms with E-state index in [1.54, 1.807) is 0 Å². The number of quaternary nitrogens is 1. The summed E-state index contributed by atoms with van der Waals surface area (Å²) in [5.74, 6) is 3.63. The monoisotopic (exact) mass is 384 g/mol. The van der Waals surface area contributed by atoms with Crippen LogP contribution in [-0.4, -0.2) is 43.3 Å². The molecule has 2 aliphatic rings. The van der Waals surface area contributed by atoms with Gasteiger partial charge in [0.2, 0.25) is 0 Å². The molecule has 26 heavy (non-hydrogen) atoms. The average Bonchev–Trinajstić information content (AvgIpc) is 2.57.